The molecule has 1 unspecified atom stereocenters. The molecule has 0 aromatic carbocycles. The zero-order valence-corrected chi connectivity index (χ0v) is 19.8. The topological polar surface area (TPSA) is 81.4 Å². The highest BCUT2D eigenvalue weighted by molar-refractivity contribution is 6.76. The molecule has 6 nitrogen and oxygen atoms in total. The zero-order valence-electron chi connectivity index (χ0n) is 18.8. The van der Waals surface area contributed by atoms with Crippen molar-refractivity contribution in [2.45, 2.75) is 91.2 Å². The van der Waals surface area contributed by atoms with E-state index in [4.69, 9.17) is 4.74 Å². The Kier molecular flexibility index (Phi) is 8.64. The molecular weight excluding hydrogens is 384 g/mol. The van der Waals surface area contributed by atoms with Gasteiger partial charge < -0.3 is 9.84 Å². The first kappa shape index (κ1) is 23.8. The fourth-order valence-electron chi connectivity index (χ4n) is 3.75. The predicted molar refractivity (Wildman–Crippen MR) is 117 cm³/mol. The highest BCUT2D eigenvalue weighted by atomic mass is 28.3. The molecule has 1 aromatic rings. The van der Waals surface area contributed by atoms with E-state index >= 15 is 0 Å². The largest absolute Gasteiger partial charge is 0.476 e. The van der Waals surface area contributed by atoms with Crippen molar-refractivity contribution in [3.05, 3.63) is 17.0 Å². The number of aromatic nitrogens is 2. The van der Waals surface area contributed by atoms with E-state index in [1.165, 1.54) is 0 Å². The number of ketones is 1. The summed E-state index contributed by atoms with van der Waals surface area (Å²) in [5.41, 5.74) is 2.18. The minimum Gasteiger partial charge on any atom is -0.476 e. The molecule has 0 spiro atoms. The van der Waals surface area contributed by atoms with Crippen LogP contribution in [0.25, 0.3) is 0 Å². The van der Waals surface area contributed by atoms with E-state index in [9.17, 15) is 14.7 Å². The van der Waals surface area contributed by atoms with Crippen LogP contribution in [0.3, 0.4) is 0 Å². The van der Waals surface area contributed by atoms with Crippen molar-refractivity contribution in [1.82, 2.24) is 9.78 Å². The van der Waals surface area contributed by atoms with Gasteiger partial charge in [-0.1, -0.05) is 33.5 Å². The Labute approximate surface area is 176 Å². The maximum Gasteiger partial charge on any atom is 0.356 e. The number of Topliss-reactive ketones (excluding diaryl/α,β-unsaturated/α-hetero) is 1. The SMILES string of the molecule is CC1CCC(=O)CC1.CC1CCc2c(c(C(=O)O)nn2COCC[Si](C)(C)C)C1. The van der Waals surface area contributed by atoms with E-state index in [0.717, 1.165) is 74.8 Å². The van der Waals surface area contributed by atoms with Crippen molar-refractivity contribution in [1.29, 1.82) is 0 Å². The Balaban J connectivity index is 0.000000313. The smallest absolute Gasteiger partial charge is 0.356 e. The average molecular weight is 423 g/mol. The number of carboxylic acids is 1. The molecule has 0 saturated heterocycles. The molecule has 29 heavy (non-hydrogen) atoms. The van der Waals surface area contributed by atoms with Crippen molar-refractivity contribution in [3.63, 3.8) is 0 Å². The number of aromatic carboxylic acids is 1. The van der Waals surface area contributed by atoms with E-state index in [1.54, 1.807) is 4.68 Å². The second-order valence-electron chi connectivity index (χ2n) is 10.00. The maximum absolute atomic E-state index is 11.3. The lowest BCUT2D eigenvalue weighted by atomic mass is 9.87. The summed E-state index contributed by atoms with van der Waals surface area (Å²) in [4.78, 5) is 22.0. The molecule has 1 fully saturated rings. The zero-order chi connectivity index (χ0) is 21.6. The third-order valence-electron chi connectivity index (χ3n) is 5.84. The first-order chi connectivity index (χ1) is 13.6. The van der Waals surface area contributed by atoms with Gasteiger partial charge in [-0.3, -0.25) is 4.79 Å². The third-order valence-corrected chi connectivity index (χ3v) is 7.54. The number of nitrogens with zero attached hydrogens (tertiary/aromatic N) is 2. The van der Waals surface area contributed by atoms with Gasteiger partial charge in [0.15, 0.2) is 5.69 Å². The first-order valence-electron chi connectivity index (χ1n) is 11.0. The minimum atomic E-state index is -1.09. The number of carboxylic acid groups (broad SMARTS) is 1. The van der Waals surface area contributed by atoms with Gasteiger partial charge in [-0.25, -0.2) is 9.48 Å². The van der Waals surface area contributed by atoms with E-state index in [1.807, 2.05) is 0 Å². The number of carbonyl (C=O) groups is 2. The highest BCUT2D eigenvalue weighted by Gasteiger charge is 2.27. The Morgan fingerprint density at radius 2 is 1.76 bits per heavy atom. The Hall–Kier alpha value is -1.47. The number of hydrogen-bond acceptors (Lipinski definition) is 4. The summed E-state index contributed by atoms with van der Waals surface area (Å²) in [6.45, 7) is 12.4. The summed E-state index contributed by atoms with van der Waals surface area (Å²) in [6, 6.07) is 1.11. The fraction of sp³-hybridized carbons (Fsp3) is 0.773. The van der Waals surface area contributed by atoms with Crippen LogP contribution >= 0.6 is 0 Å². The number of fused-ring (bicyclic) bond motifs is 1. The molecule has 1 heterocycles. The lowest BCUT2D eigenvalue weighted by Crippen LogP contribution is -2.22. The van der Waals surface area contributed by atoms with Crippen LogP contribution in [0.4, 0.5) is 0 Å². The molecule has 2 aliphatic rings. The summed E-state index contributed by atoms with van der Waals surface area (Å²) in [5.74, 6) is 0.859. The summed E-state index contributed by atoms with van der Waals surface area (Å²) >= 11 is 0. The summed E-state index contributed by atoms with van der Waals surface area (Å²) in [6.07, 6.45) is 6.71. The van der Waals surface area contributed by atoms with Gasteiger partial charge in [0.2, 0.25) is 0 Å². The van der Waals surface area contributed by atoms with Crippen LogP contribution in [0.2, 0.25) is 25.7 Å². The first-order valence-corrected chi connectivity index (χ1v) is 14.7. The molecule has 164 valence electrons. The molecule has 0 bridgehead atoms. The van der Waals surface area contributed by atoms with Gasteiger partial charge in [0, 0.05) is 38.8 Å². The molecular formula is C22H38N2O4Si. The summed E-state index contributed by atoms with van der Waals surface area (Å²) in [5, 5.41) is 13.6. The van der Waals surface area contributed by atoms with Gasteiger partial charge in [-0.2, -0.15) is 5.10 Å². The van der Waals surface area contributed by atoms with Gasteiger partial charge in [0.1, 0.15) is 12.5 Å². The van der Waals surface area contributed by atoms with Crippen LogP contribution in [-0.4, -0.2) is 41.3 Å². The average Bonchev–Trinajstić information content (AvgIpc) is 2.99. The van der Waals surface area contributed by atoms with Crippen molar-refractivity contribution in [3.8, 4) is 0 Å². The second kappa shape index (κ2) is 10.5. The Morgan fingerprint density at radius 1 is 1.14 bits per heavy atom. The van der Waals surface area contributed by atoms with Gasteiger partial charge in [-0.15, -0.1) is 0 Å². The quantitative estimate of drug-likeness (QED) is 0.527. The third kappa shape index (κ3) is 7.70. The van der Waals surface area contributed by atoms with Crippen LogP contribution < -0.4 is 0 Å². The van der Waals surface area contributed by atoms with Crippen LogP contribution in [-0.2, 0) is 29.1 Å². The van der Waals surface area contributed by atoms with Gasteiger partial charge in [0.25, 0.3) is 0 Å². The van der Waals surface area contributed by atoms with E-state index in [-0.39, 0.29) is 5.69 Å². The van der Waals surface area contributed by atoms with Crippen LogP contribution in [0, 0.1) is 11.8 Å². The number of rotatable bonds is 6. The van der Waals surface area contributed by atoms with Crippen molar-refractivity contribution < 1.29 is 19.4 Å². The summed E-state index contributed by atoms with van der Waals surface area (Å²) < 4.78 is 7.48. The molecule has 1 N–H and O–H groups in total. The number of carbonyl (C=O) groups excluding carboxylic acids is 1. The maximum atomic E-state index is 11.3. The van der Waals surface area contributed by atoms with Crippen molar-refractivity contribution in [2.24, 2.45) is 11.8 Å². The second-order valence-corrected chi connectivity index (χ2v) is 15.6. The van der Waals surface area contributed by atoms with Crippen molar-refractivity contribution in [2.75, 3.05) is 6.61 Å². The Bertz CT molecular complexity index is 698. The van der Waals surface area contributed by atoms with Crippen LogP contribution in [0.15, 0.2) is 0 Å². The predicted octanol–water partition coefficient (Wildman–Crippen LogP) is 4.78. The van der Waals surface area contributed by atoms with E-state index in [2.05, 4.69) is 38.6 Å². The van der Waals surface area contributed by atoms with Crippen LogP contribution in [0.1, 0.15) is 67.7 Å². The lowest BCUT2D eigenvalue weighted by molar-refractivity contribution is -0.120. The molecule has 0 radical (unpaired) electrons. The summed E-state index contributed by atoms with van der Waals surface area (Å²) in [7, 11) is -1.09. The van der Waals surface area contributed by atoms with E-state index in [0.29, 0.717) is 18.4 Å². The van der Waals surface area contributed by atoms with Gasteiger partial charge in [0.05, 0.1) is 0 Å². The van der Waals surface area contributed by atoms with Crippen molar-refractivity contribution >= 4 is 19.8 Å². The molecule has 1 aromatic heterocycles. The molecule has 3 rings (SSSR count). The highest BCUT2D eigenvalue weighted by Crippen LogP contribution is 2.28. The molecule has 0 aliphatic heterocycles. The van der Waals surface area contributed by atoms with Gasteiger partial charge in [-0.05, 0) is 50.0 Å². The molecule has 1 atom stereocenters. The van der Waals surface area contributed by atoms with Gasteiger partial charge >= 0.3 is 5.97 Å². The standard InChI is InChI=1S/C15H26N2O3Si.C7H12O/c1-11-5-6-13-12(9-11)14(15(18)19)16-17(13)10-20-7-8-21(2,3)4;1-6-2-4-7(8)5-3-6/h11H,5-10H2,1-4H3,(H,18,19);6H,2-5H2,1H3. The molecule has 0 amide bonds. The number of hydrogen-bond donors (Lipinski definition) is 1. The minimum absolute atomic E-state index is 0.213. The van der Waals surface area contributed by atoms with E-state index < -0.39 is 14.0 Å². The number of ether oxygens (including phenoxy) is 1. The molecule has 1 saturated carbocycles. The monoisotopic (exact) mass is 422 g/mol. The fourth-order valence-corrected chi connectivity index (χ4v) is 4.51. The molecule has 2 aliphatic carbocycles. The lowest BCUT2D eigenvalue weighted by Gasteiger charge is -2.20. The van der Waals surface area contributed by atoms with Crippen LogP contribution in [0.5, 0.6) is 0 Å². The Morgan fingerprint density at radius 3 is 2.31 bits per heavy atom. The normalized spacial score (nSPS) is 20.0. The molecule has 7 heteroatoms.